The maximum absolute atomic E-state index is 6.07. The van der Waals surface area contributed by atoms with Crippen LogP contribution in [-0.4, -0.2) is 18.1 Å². The highest BCUT2D eigenvalue weighted by atomic mass is 32.1. The maximum Gasteiger partial charge on any atom is 0.185 e. The predicted molar refractivity (Wildman–Crippen MR) is 69.9 cm³/mol. The Morgan fingerprint density at radius 2 is 2.06 bits per heavy atom. The van der Waals surface area contributed by atoms with Gasteiger partial charge in [0.1, 0.15) is 0 Å². The second-order valence-corrected chi connectivity index (χ2v) is 6.41. The van der Waals surface area contributed by atoms with Crippen LogP contribution >= 0.6 is 11.3 Å². The molecule has 0 unspecified atom stereocenters. The summed E-state index contributed by atoms with van der Waals surface area (Å²) in [6.07, 6.45) is 4.49. The van der Waals surface area contributed by atoms with Crippen LogP contribution < -0.4 is 10.6 Å². The molecule has 1 aromatic rings. The number of hydrogen-bond donors (Lipinski definition) is 1. The van der Waals surface area contributed by atoms with Gasteiger partial charge in [-0.25, -0.2) is 4.98 Å². The van der Waals surface area contributed by atoms with E-state index in [0.29, 0.717) is 0 Å². The number of aromatic nitrogens is 1. The van der Waals surface area contributed by atoms with Gasteiger partial charge in [-0.3, -0.25) is 0 Å². The molecule has 0 spiro atoms. The minimum Gasteiger partial charge on any atom is -0.348 e. The minimum atomic E-state index is -0.265. The summed E-state index contributed by atoms with van der Waals surface area (Å²) in [4.78, 5) is 8.05. The Balaban J connectivity index is 2.08. The van der Waals surface area contributed by atoms with E-state index >= 15 is 0 Å². The summed E-state index contributed by atoms with van der Waals surface area (Å²) in [6.45, 7) is 8.66. The van der Waals surface area contributed by atoms with E-state index in [1.54, 1.807) is 11.3 Å². The van der Waals surface area contributed by atoms with Crippen LogP contribution in [0.4, 0.5) is 5.13 Å². The van der Waals surface area contributed by atoms with Crippen molar-refractivity contribution in [2.45, 2.75) is 39.2 Å². The number of anilines is 1. The molecule has 0 saturated carbocycles. The number of nitrogens with two attached hydrogens (primary N) is 1. The Morgan fingerprint density at radius 1 is 1.44 bits per heavy atom. The molecule has 0 aliphatic carbocycles. The van der Waals surface area contributed by atoms with Gasteiger partial charge in [0.15, 0.2) is 5.13 Å². The average Bonchev–Trinajstić information content (AvgIpc) is 2.67. The largest absolute Gasteiger partial charge is 0.348 e. The standard InChI is InChI=1S/C12H21N3S/c1-9-4-6-15(7-5-9)11-14-8-10(16-11)12(2,3)13/h8-9H,4-7,13H2,1-3H3. The van der Waals surface area contributed by atoms with E-state index in [1.807, 2.05) is 20.0 Å². The third-order valence-electron chi connectivity index (χ3n) is 3.18. The summed E-state index contributed by atoms with van der Waals surface area (Å²) < 4.78 is 0. The molecule has 0 radical (unpaired) electrons. The van der Waals surface area contributed by atoms with E-state index in [4.69, 9.17) is 5.73 Å². The first-order valence-electron chi connectivity index (χ1n) is 5.97. The van der Waals surface area contributed by atoms with Gasteiger partial charge in [-0.15, -0.1) is 11.3 Å². The molecular weight excluding hydrogens is 218 g/mol. The molecule has 1 fully saturated rings. The van der Waals surface area contributed by atoms with Crippen LogP contribution in [0.1, 0.15) is 38.5 Å². The van der Waals surface area contributed by atoms with Crippen molar-refractivity contribution in [2.75, 3.05) is 18.0 Å². The highest BCUT2D eigenvalue weighted by Gasteiger charge is 2.22. The quantitative estimate of drug-likeness (QED) is 0.862. The molecule has 4 heteroatoms. The molecule has 2 heterocycles. The van der Waals surface area contributed by atoms with Gasteiger partial charge in [-0.2, -0.15) is 0 Å². The molecule has 3 nitrogen and oxygen atoms in total. The van der Waals surface area contributed by atoms with Gasteiger partial charge in [0.25, 0.3) is 0 Å². The molecule has 1 aliphatic rings. The van der Waals surface area contributed by atoms with Crippen LogP contribution in [0.15, 0.2) is 6.20 Å². The lowest BCUT2D eigenvalue weighted by Gasteiger charge is -2.29. The number of rotatable bonds is 2. The molecule has 16 heavy (non-hydrogen) atoms. The maximum atomic E-state index is 6.07. The van der Waals surface area contributed by atoms with E-state index < -0.39 is 0 Å². The van der Waals surface area contributed by atoms with Gasteiger partial charge in [0.05, 0.1) is 0 Å². The Morgan fingerprint density at radius 3 is 2.56 bits per heavy atom. The Hall–Kier alpha value is -0.610. The first-order chi connectivity index (χ1) is 7.47. The molecular formula is C12H21N3S. The van der Waals surface area contributed by atoms with Crippen molar-refractivity contribution in [3.63, 3.8) is 0 Å². The third kappa shape index (κ3) is 2.55. The SMILES string of the molecule is CC1CCN(c2ncc(C(C)(C)N)s2)CC1. The monoisotopic (exact) mass is 239 g/mol. The van der Waals surface area contributed by atoms with Crippen LogP contribution in [-0.2, 0) is 5.54 Å². The van der Waals surface area contributed by atoms with Crippen molar-refractivity contribution >= 4 is 16.5 Å². The van der Waals surface area contributed by atoms with Crippen LogP contribution in [0.25, 0.3) is 0 Å². The summed E-state index contributed by atoms with van der Waals surface area (Å²) in [7, 11) is 0. The molecule has 0 atom stereocenters. The molecule has 1 aromatic heterocycles. The van der Waals surface area contributed by atoms with Gasteiger partial charge in [-0.05, 0) is 32.6 Å². The van der Waals surface area contributed by atoms with E-state index in [9.17, 15) is 0 Å². The van der Waals surface area contributed by atoms with E-state index in [2.05, 4.69) is 16.8 Å². The molecule has 0 aromatic carbocycles. The van der Waals surface area contributed by atoms with Crippen molar-refractivity contribution in [1.29, 1.82) is 0 Å². The minimum absolute atomic E-state index is 0.265. The Kier molecular flexibility index (Phi) is 3.22. The van der Waals surface area contributed by atoms with Crippen molar-refractivity contribution in [2.24, 2.45) is 11.7 Å². The fraction of sp³-hybridized carbons (Fsp3) is 0.750. The number of nitrogens with zero attached hydrogens (tertiary/aromatic N) is 2. The van der Waals surface area contributed by atoms with Crippen LogP contribution in [0.3, 0.4) is 0 Å². The fourth-order valence-corrected chi connectivity index (χ4v) is 2.89. The molecule has 0 bridgehead atoms. The topological polar surface area (TPSA) is 42.2 Å². The molecule has 2 N–H and O–H groups in total. The smallest absolute Gasteiger partial charge is 0.185 e. The van der Waals surface area contributed by atoms with Gasteiger partial charge in [0.2, 0.25) is 0 Å². The lowest BCUT2D eigenvalue weighted by Crippen LogP contribution is -2.32. The number of hydrogen-bond acceptors (Lipinski definition) is 4. The van der Waals surface area contributed by atoms with Crippen LogP contribution in [0.5, 0.6) is 0 Å². The van der Waals surface area contributed by atoms with Crippen LogP contribution in [0.2, 0.25) is 0 Å². The predicted octanol–water partition coefficient (Wildman–Crippen LogP) is 2.57. The lowest BCUT2D eigenvalue weighted by atomic mass is 10.00. The van der Waals surface area contributed by atoms with Gasteiger partial charge >= 0.3 is 0 Å². The highest BCUT2D eigenvalue weighted by Crippen LogP contribution is 2.31. The third-order valence-corrected chi connectivity index (χ3v) is 4.58. The van der Waals surface area contributed by atoms with Crippen molar-refractivity contribution in [1.82, 2.24) is 4.98 Å². The first kappa shape index (κ1) is 11.9. The molecule has 1 saturated heterocycles. The summed E-state index contributed by atoms with van der Waals surface area (Å²) in [5, 5.41) is 1.14. The molecule has 0 amide bonds. The molecule has 90 valence electrons. The van der Waals surface area contributed by atoms with Gasteiger partial charge in [0, 0.05) is 29.7 Å². The summed E-state index contributed by atoms with van der Waals surface area (Å²) >= 11 is 1.74. The second-order valence-electron chi connectivity index (χ2n) is 5.40. The summed E-state index contributed by atoms with van der Waals surface area (Å²) in [6, 6.07) is 0. The van der Waals surface area contributed by atoms with Crippen LogP contribution in [0, 0.1) is 5.92 Å². The molecule has 2 rings (SSSR count). The van der Waals surface area contributed by atoms with E-state index in [1.165, 1.54) is 17.7 Å². The Labute approximate surface area is 102 Å². The van der Waals surface area contributed by atoms with Gasteiger partial charge in [-0.1, -0.05) is 6.92 Å². The van der Waals surface area contributed by atoms with E-state index in [-0.39, 0.29) is 5.54 Å². The zero-order chi connectivity index (χ0) is 11.8. The fourth-order valence-electron chi connectivity index (χ4n) is 1.91. The normalized spacial score (nSPS) is 19.1. The summed E-state index contributed by atoms with van der Waals surface area (Å²) in [5.41, 5.74) is 5.81. The number of piperidine rings is 1. The zero-order valence-electron chi connectivity index (χ0n) is 10.4. The number of thiazole rings is 1. The second kappa shape index (κ2) is 4.34. The zero-order valence-corrected chi connectivity index (χ0v) is 11.2. The van der Waals surface area contributed by atoms with Crippen molar-refractivity contribution in [3.8, 4) is 0 Å². The Bertz CT molecular complexity index is 345. The van der Waals surface area contributed by atoms with E-state index in [0.717, 1.165) is 24.1 Å². The van der Waals surface area contributed by atoms with Crippen molar-refractivity contribution < 1.29 is 0 Å². The first-order valence-corrected chi connectivity index (χ1v) is 6.78. The van der Waals surface area contributed by atoms with Gasteiger partial charge < -0.3 is 10.6 Å². The van der Waals surface area contributed by atoms with Crippen molar-refractivity contribution in [3.05, 3.63) is 11.1 Å². The summed E-state index contributed by atoms with van der Waals surface area (Å²) in [5.74, 6) is 0.863. The average molecular weight is 239 g/mol. The highest BCUT2D eigenvalue weighted by molar-refractivity contribution is 7.15. The molecule has 1 aliphatic heterocycles. The lowest BCUT2D eigenvalue weighted by molar-refractivity contribution is 0.438.